The number of amides is 1. The van der Waals surface area contributed by atoms with E-state index >= 15 is 0 Å². The van der Waals surface area contributed by atoms with E-state index in [0.717, 1.165) is 6.07 Å². The van der Waals surface area contributed by atoms with E-state index in [-0.39, 0.29) is 16.1 Å². The van der Waals surface area contributed by atoms with Gasteiger partial charge in [-0.3, -0.25) is 4.79 Å². The van der Waals surface area contributed by atoms with Crippen molar-refractivity contribution in [2.24, 2.45) is 0 Å². The predicted molar refractivity (Wildman–Crippen MR) is 70.9 cm³/mol. The highest BCUT2D eigenvalue weighted by Crippen LogP contribution is 2.35. The Bertz CT molecular complexity index is 485. The summed E-state index contributed by atoms with van der Waals surface area (Å²) in [5.41, 5.74) is -0.886. The van der Waals surface area contributed by atoms with Crippen molar-refractivity contribution in [3.05, 3.63) is 46.5 Å². The Hall–Kier alpha value is -1.30. The molecule has 1 N–H and O–H groups in total. The van der Waals surface area contributed by atoms with Crippen LogP contribution in [0.1, 0.15) is 29.3 Å². The van der Waals surface area contributed by atoms with Crippen LogP contribution >= 0.6 is 15.9 Å². The molecule has 19 heavy (non-hydrogen) atoms. The van der Waals surface area contributed by atoms with Crippen molar-refractivity contribution in [2.45, 2.75) is 25.6 Å². The number of carbonyl (C=O) groups excluding carboxylic acids is 1. The number of hydrogen-bond donors (Lipinski definition) is 1. The molecule has 0 radical (unpaired) electrons. The highest BCUT2D eigenvalue weighted by atomic mass is 79.9. The molecule has 0 aliphatic rings. The van der Waals surface area contributed by atoms with E-state index in [9.17, 15) is 18.0 Å². The summed E-state index contributed by atoms with van der Waals surface area (Å²) >= 11 is 2.83. The van der Waals surface area contributed by atoms with Crippen molar-refractivity contribution in [1.82, 2.24) is 5.32 Å². The monoisotopic (exact) mass is 335 g/mol. The standard InChI is InChI=1S/C13H13BrF3NO/c1-3-4-8(2)18-12(19)9-5-6-11(14)10(7-9)13(15,16)17/h3,5-8H,1,4H2,2H3,(H,18,19). The zero-order valence-electron chi connectivity index (χ0n) is 10.2. The van der Waals surface area contributed by atoms with Gasteiger partial charge in [0.05, 0.1) is 5.56 Å². The Morgan fingerprint density at radius 1 is 1.53 bits per heavy atom. The molecule has 0 aromatic heterocycles. The van der Waals surface area contributed by atoms with E-state index in [1.807, 2.05) is 0 Å². The number of nitrogens with one attached hydrogen (secondary N) is 1. The van der Waals surface area contributed by atoms with Gasteiger partial charge in [-0.15, -0.1) is 6.58 Å². The topological polar surface area (TPSA) is 29.1 Å². The maximum Gasteiger partial charge on any atom is 0.417 e. The molecule has 2 nitrogen and oxygen atoms in total. The van der Waals surface area contributed by atoms with E-state index in [0.29, 0.717) is 6.42 Å². The minimum atomic E-state index is -4.50. The molecule has 0 aliphatic carbocycles. The van der Waals surface area contributed by atoms with Crippen LogP contribution in [0.25, 0.3) is 0 Å². The van der Waals surface area contributed by atoms with E-state index in [4.69, 9.17) is 0 Å². The molecular weight excluding hydrogens is 323 g/mol. The minimum absolute atomic E-state index is 0.0218. The van der Waals surface area contributed by atoms with Crippen LogP contribution in [0.5, 0.6) is 0 Å². The third-order valence-corrected chi connectivity index (χ3v) is 3.12. The maximum atomic E-state index is 12.7. The van der Waals surface area contributed by atoms with Crippen molar-refractivity contribution >= 4 is 21.8 Å². The van der Waals surface area contributed by atoms with E-state index in [2.05, 4.69) is 27.8 Å². The summed E-state index contributed by atoms with van der Waals surface area (Å²) < 4.78 is 38.0. The van der Waals surface area contributed by atoms with Crippen molar-refractivity contribution in [3.63, 3.8) is 0 Å². The number of halogens is 4. The van der Waals surface area contributed by atoms with Crippen LogP contribution in [0, 0.1) is 0 Å². The summed E-state index contributed by atoms with van der Waals surface area (Å²) in [6, 6.07) is 3.22. The Kier molecular flexibility index (Phi) is 5.17. The van der Waals surface area contributed by atoms with Gasteiger partial charge in [-0.1, -0.05) is 22.0 Å². The van der Waals surface area contributed by atoms with Gasteiger partial charge in [0.25, 0.3) is 5.91 Å². The first-order valence-corrected chi connectivity index (χ1v) is 6.33. The van der Waals surface area contributed by atoms with Crippen LogP contribution in [-0.2, 0) is 6.18 Å². The smallest absolute Gasteiger partial charge is 0.349 e. The summed E-state index contributed by atoms with van der Waals surface area (Å²) in [5.74, 6) is -0.535. The average Bonchev–Trinajstić information content (AvgIpc) is 2.27. The van der Waals surface area contributed by atoms with Crippen LogP contribution in [0.15, 0.2) is 35.3 Å². The van der Waals surface area contributed by atoms with Gasteiger partial charge in [-0.2, -0.15) is 13.2 Å². The number of alkyl halides is 3. The molecule has 1 aromatic carbocycles. The molecule has 6 heteroatoms. The molecule has 1 amide bonds. The largest absolute Gasteiger partial charge is 0.417 e. The fourth-order valence-corrected chi connectivity index (χ4v) is 1.97. The summed E-state index contributed by atoms with van der Waals surface area (Å²) in [4.78, 5) is 11.8. The second-order valence-corrected chi connectivity index (χ2v) is 4.95. The molecule has 1 atom stereocenters. The maximum absolute atomic E-state index is 12.7. The van der Waals surface area contributed by atoms with Crippen molar-refractivity contribution < 1.29 is 18.0 Å². The number of rotatable bonds is 4. The summed E-state index contributed by atoms with van der Waals surface area (Å²) in [6.07, 6.45) is -2.32. The van der Waals surface area contributed by atoms with Gasteiger partial charge in [0, 0.05) is 16.1 Å². The highest BCUT2D eigenvalue weighted by molar-refractivity contribution is 9.10. The fourth-order valence-electron chi connectivity index (χ4n) is 1.50. The first-order chi connectivity index (χ1) is 8.75. The van der Waals surface area contributed by atoms with Crippen molar-refractivity contribution in [2.75, 3.05) is 0 Å². The molecule has 1 rings (SSSR count). The van der Waals surface area contributed by atoms with Crippen LogP contribution in [0.2, 0.25) is 0 Å². The summed E-state index contributed by atoms with van der Waals surface area (Å²) in [6.45, 7) is 5.29. The van der Waals surface area contributed by atoms with Gasteiger partial charge in [0.1, 0.15) is 0 Å². The highest BCUT2D eigenvalue weighted by Gasteiger charge is 2.33. The average molecular weight is 336 g/mol. The molecule has 104 valence electrons. The summed E-state index contributed by atoms with van der Waals surface area (Å²) in [7, 11) is 0. The Labute approximate surface area is 117 Å². The lowest BCUT2D eigenvalue weighted by Crippen LogP contribution is -2.32. The van der Waals surface area contributed by atoms with E-state index in [1.165, 1.54) is 12.1 Å². The van der Waals surface area contributed by atoms with Gasteiger partial charge >= 0.3 is 6.18 Å². The zero-order valence-corrected chi connectivity index (χ0v) is 11.8. The molecular formula is C13H13BrF3NO. The second-order valence-electron chi connectivity index (χ2n) is 4.09. The number of benzene rings is 1. The van der Waals surface area contributed by atoms with Crippen LogP contribution < -0.4 is 5.32 Å². The third-order valence-electron chi connectivity index (χ3n) is 2.43. The Morgan fingerprint density at radius 3 is 2.68 bits per heavy atom. The second kappa shape index (κ2) is 6.23. The van der Waals surface area contributed by atoms with Gasteiger partial charge in [0.15, 0.2) is 0 Å². The van der Waals surface area contributed by atoms with Gasteiger partial charge in [-0.25, -0.2) is 0 Å². The Morgan fingerprint density at radius 2 is 2.16 bits per heavy atom. The minimum Gasteiger partial charge on any atom is -0.349 e. The molecule has 0 saturated carbocycles. The molecule has 1 aromatic rings. The van der Waals surface area contributed by atoms with Crippen LogP contribution in [0.4, 0.5) is 13.2 Å². The van der Waals surface area contributed by atoms with E-state index in [1.54, 1.807) is 13.0 Å². The normalized spacial score (nSPS) is 12.9. The fraction of sp³-hybridized carbons (Fsp3) is 0.308. The first kappa shape index (κ1) is 15.8. The Balaban J connectivity index is 2.96. The van der Waals surface area contributed by atoms with Crippen molar-refractivity contribution in [3.8, 4) is 0 Å². The quantitative estimate of drug-likeness (QED) is 0.822. The molecule has 0 bridgehead atoms. The van der Waals surface area contributed by atoms with Gasteiger partial charge in [-0.05, 0) is 31.5 Å². The SMILES string of the molecule is C=CCC(C)NC(=O)c1ccc(Br)c(C(F)(F)F)c1. The lowest BCUT2D eigenvalue weighted by atomic mass is 10.1. The first-order valence-electron chi connectivity index (χ1n) is 5.54. The molecule has 1 unspecified atom stereocenters. The molecule has 0 aliphatic heterocycles. The molecule has 0 saturated heterocycles. The molecule has 0 heterocycles. The van der Waals surface area contributed by atoms with Gasteiger partial charge < -0.3 is 5.32 Å². The zero-order chi connectivity index (χ0) is 14.6. The van der Waals surface area contributed by atoms with Gasteiger partial charge in [0.2, 0.25) is 0 Å². The van der Waals surface area contributed by atoms with Crippen molar-refractivity contribution in [1.29, 1.82) is 0 Å². The molecule has 0 spiro atoms. The molecule has 0 fully saturated rings. The lowest BCUT2D eigenvalue weighted by Gasteiger charge is -2.14. The van der Waals surface area contributed by atoms with Crippen LogP contribution in [-0.4, -0.2) is 11.9 Å². The van der Waals surface area contributed by atoms with Crippen LogP contribution in [0.3, 0.4) is 0 Å². The summed E-state index contributed by atoms with van der Waals surface area (Å²) in [5, 5.41) is 2.60. The predicted octanol–water partition coefficient (Wildman–Crippen LogP) is 4.16. The van der Waals surface area contributed by atoms with E-state index < -0.39 is 17.6 Å². The third kappa shape index (κ3) is 4.38. The number of hydrogen-bond acceptors (Lipinski definition) is 1. The number of carbonyl (C=O) groups is 1. The lowest BCUT2D eigenvalue weighted by molar-refractivity contribution is -0.138.